The first-order valence-electron chi connectivity index (χ1n) is 18.6. The van der Waals surface area contributed by atoms with Crippen LogP contribution in [0.5, 0.6) is 0 Å². The predicted molar refractivity (Wildman–Crippen MR) is 198 cm³/mol. The lowest BCUT2D eigenvalue weighted by Crippen LogP contribution is -2.64. The van der Waals surface area contributed by atoms with Gasteiger partial charge in [-0.1, -0.05) is 62.3 Å². The minimum Gasteiger partial charge on any atom is -0.394 e. The van der Waals surface area contributed by atoms with Crippen molar-refractivity contribution in [3.8, 4) is 0 Å². The molecule has 7 atom stereocenters. The fourth-order valence-corrected chi connectivity index (χ4v) is 19.2. The van der Waals surface area contributed by atoms with Gasteiger partial charge in [0, 0.05) is 36.5 Å². The lowest BCUT2D eigenvalue weighted by molar-refractivity contribution is -0.0186. The summed E-state index contributed by atoms with van der Waals surface area (Å²) in [6.07, 6.45) is 6.94. The Morgan fingerprint density at radius 1 is 0.511 bits per heavy atom. The van der Waals surface area contributed by atoms with Gasteiger partial charge in [-0.05, 0) is 106 Å². The summed E-state index contributed by atoms with van der Waals surface area (Å²) in [6.45, 7) is 40.1. The van der Waals surface area contributed by atoms with E-state index in [0.717, 1.165) is 51.4 Å². The lowest BCUT2D eigenvalue weighted by Gasteiger charge is -2.55. The van der Waals surface area contributed by atoms with E-state index in [1.807, 2.05) is 0 Å². The molecule has 272 valence electrons. The number of hydrogen-bond acceptors (Lipinski definition) is 7. The van der Waals surface area contributed by atoms with Crippen LogP contribution in [0.2, 0.25) is 29.7 Å². The molecule has 0 aliphatic rings. The molecule has 0 saturated carbocycles. The Hall–Kier alpha value is 0.371. The molecule has 0 radical (unpaired) electrons. The summed E-state index contributed by atoms with van der Waals surface area (Å²) in [5.74, 6) is 0. The Morgan fingerprint density at radius 3 is 1.36 bits per heavy atom. The maximum absolute atomic E-state index is 7.65. The van der Waals surface area contributed by atoms with Crippen LogP contribution in [-0.2, 0) is 31.3 Å². The summed E-state index contributed by atoms with van der Waals surface area (Å²) in [7, 11) is -8.51. The second-order valence-corrected chi connectivity index (χ2v) is 23.6. The molecule has 0 amide bonds. The van der Waals surface area contributed by atoms with Crippen LogP contribution >= 0.6 is 0 Å². The third kappa shape index (κ3) is 10.2. The van der Waals surface area contributed by atoms with Crippen molar-refractivity contribution >= 4 is 25.7 Å². The van der Waals surface area contributed by atoms with Gasteiger partial charge in [0.25, 0.3) is 0 Å². The van der Waals surface area contributed by atoms with Gasteiger partial charge in [0.2, 0.25) is 0 Å². The van der Waals surface area contributed by atoms with Crippen molar-refractivity contribution in [3.05, 3.63) is 0 Å². The number of ether oxygens (including phenoxy) is 1. The van der Waals surface area contributed by atoms with E-state index < -0.39 is 25.7 Å². The Bertz CT molecular complexity index is 799. The molecule has 0 heterocycles. The Balaban J connectivity index is 7.25. The molecule has 0 saturated heterocycles. The molecular formula is C35H78O7Si3. The van der Waals surface area contributed by atoms with Gasteiger partial charge in [-0.2, -0.15) is 0 Å². The fourth-order valence-electron chi connectivity index (χ4n) is 7.64. The topological polar surface area (TPSA) is 64.6 Å². The molecule has 10 heteroatoms. The maximum atomic E-state index is 7.65. The molecule has 0 aromatic heterocycles. The van der Waals surface area contributed by atoms with Gasteiger partial charge in [0.15, 0.2) is 0 Å². The monoisotopic (exact) mass is 695 g/mol. The van der Waals surface area contributed by atoms with Gasteiger partial charge in [-0.3, -0.25) is 0 Å². The summed E-state index contributed by atoms with van der Waals surface area (Å²) < 4.78 is 48.7. The van der Waals surface area contributed by atoms with E-state index in [2.05, 4.69) is 117 Å². The molecule has 0 spiro atoms. The highest BCUT2D eigenvalue weighted by molar-refractivity contribution is 6.72. The highest BCUT2D eigenvalue weighted by atomic mass is 28.4. The first kappa shape index (κ1) is 45.4. The van der Waals surface area contributed by atoms with Crippen molar-refractivity contribution in [2.24, 2.45) is 0 Å². The van der Waals surface area contributed by atoms with Gasteiger partial charge in [0.05, 0.1) is 17.8 Å². The quantitative estimate of drug-likeness (QED) is 0.0793. The normalized spacial score (nSPS) is 20.5. The summed E-state index contributed by atoms with van der Waals surface area (Å²) in [4.78, 5) is 0. The van der Waals surface area contributed by atoms with Crippen molar-refractivity contribution in [1.29, 1.82) is 0 Å². The Labute approximate surface area is 284 Å². The zero-order valence-corrected chi connectivity index (χ0v) is 36.1. The maximum Gasteiger partial charge on any atom is 0.365 e. The molecule has 45 heavy (non-hydrogen) atoms. The summed E-state index contributed by atoms with van der Waals surface area (Å²) in [5.41, 5.74) is -0.286. The van der Waals surface area contributed by atoms with E-state index in [-0.39, 0.29) is 33.6 Å². The largest absolute Gasteiger partial charge is 0.394 e. The van der Waals surface area contributed by atoms with Crippen molar-refractivity contribution in [1.82, 2.24) is 0 Å². The lowest BCUT2D eigenvalue weighted by atomic mass is 9.93. The minimum absolute atomic E-state index is 0.0443. The molecule has 0 aromatic carbocycles. The van der Waals surface area contributed by atoms with Gasteiger partial charge < -0.3 is 31.3 Å². The van der Waals surface area contributed by atoms with Gasteiger partial charge in [0.1, 0.15) is 5.73 Å². The van der Waals surface area contributed by atoms with Gasteiger partial charge >= 0.3 is 25.7 Å². The summed E-state index contributed by atoms with van der Waals surface area (Å²) in [5, 5.41) is -0.608. The van der Waals surface area contributed by atoms with E-state index in [9.17, 15) is 0 Å². The van der Waals surface area contributed by atoms with E-state index in [1.54, 1.807) is 0 Å². The van der Waals surface area contributed by atoms with E-state index in [1.165, 1.54) is 0 Å². The second-order valence-electron chi connectivity index (χ2n) is 13.5. The molecule has 0 rings (SSSR count). The van der Waals surface area contributed by atoms with Crippen LogP contribution in [-0.4, -0.2) is 75.6 Å². The molecular weight excluding hydrogens is 617 g/mol. The third-order valence-electron chi connectivity index (χ3n) is 11.3. The molecule has 0 aliphatic heterocycles. The molecule has 7 nitrogen and oxygen atoms in total. The molecule has 7 unspecified atom stereocenters. The number of hydrogen-bond donors (Lipinski definition) is 0. The van der Waals surface area contributed by atoms with Crippen LogP contribution < -0.4 is 0 Å². The SMILES string of the molecule is CCOC(CC)[Si](C)(OCC)OC(CC)C(CC)(CC)[Si](C)(OCC)OC(CC)C(C)(CC)[Si](C)(OCC)OC(C)(CC)CC. The van der Waals surface area contributed by atoms with E-state index in [4.69, 9.17) is 31.3 Å². The van der Waals surface area contributed by atoms with E-state index >= 15 is 0 Å². The second kappa shape index (κ2) is 20.1. The van der Waals surface area contributed by atoms with Crippen LogP contribution in [0, 0.1) is 0 Å². The highest BCUT2D eigenvalue weighted by Crippen LogP contribution is 2.56. The standard InChI is InChI=1S/C35H78O7Si3/c1-18-30(34(14,23-6)44(16,38-28-11)42-33(13,21-4)22-5)41-45(17,39-29-12)35(24-7,25-8)31(19-2)40-43(15,37-27-10)32(20-3)36-26-9/h30-32H,18-29H2,1-17H3. The van der Waals surface area contributed by atoms with Gasteiger partial charge in [-0.25, -0.2) is 0 Å². The van der Waals surface area contributed by atoms with Crippen LogP contribution in [0.1, 0.15) is 148 Å². The Morgan fingerprint density at radius 2 is 1.00 bits per heavy atom. The Kier molecular flexibility index (Phi) is 20.3. The molecule has 0 aromatic rings. The third-order valence-corrected chi connectivity index (χ3v) is 23.5. The van der Waals surface area contributed by atoms with Crippen molar-refractivity contribution in [2.45, 2.75) is 202 Å². The fraction of sp³-hybridized carbons (Fsp3) is 1.00. The highest BCUT2D eigenvalue weighted by Gasteiger charge is 2.63. The zero-order chi connectivity index (χ0) is 35.2. The molecule has 0 fully saturated rings. The number of rotatable bonds is 27. The average Bonchev–Trinajstić information content (AvgIpc) is 3.02. The minimum atomic E-state index is -2.97. The summed E-state index contributed by atoms with van der Waals surface area (Å²) in [6, 6.07) is 0. The molecule has 0 aliphatic carbocycles. The molecule has 0 N–H and O–H groups in total. The molecule has 0 bridgehead atoms. The van der Waals surface area contributed by atoms with Crippen molar-refractivity contribution < 1.29 is 31.3 Å². The van der Waals surface area contributed by atoms with Gasteiger partial charge in [-0.15, -0.1) is 0 Å². The first-order chi connectivity index (χ1) is 21.0. The van der Waals surface area contributed by atoms with Crippen molar-refractivity contribution in [3.63, 3.8) is 0 Å². The first-order valence-corrected chi connectivity index (χ1v) is 25.7. The van der Waals surface area contributed by atoms with Crippen LogP contribution in [0.25, 0.3) is 0 Å². The smallest absolute Gasteiger partial charge is 0.365 e. The summed E-state index contributed by atoms with van der Waals surface area (Å²) >= 11 is 0. The van der Waals surface area contributed by atoms with E-state index in [0.29, 0.717) is 26.4 Å². The average molecular weight is 695 g/mol. The van der Waals surface area contributed by atoms with Crippen LogP contribution in [0.15, 0.2) is 0 Å². The zero-order valence-electron chi connectivity index (χ0n) is 33.1. The van der Waals surface area contributed by atoms with Crippen molar-refractivity contribution in [2.75, 3.05) is 26.4 Å². The van der Waals surface area contributed by atoms with Crippen LogP contribution in [0.4, 0.5) is 0 Å². The van der Waals surface area contributed by atoms with Crippen LogP contribution in [0.3, 0.4) is 0 Å². The predicted octanol–water partition coefficient (Wildman–Crippen LogP) is 10.6.